The van der Waals surface area contributed by atoms with Gasteiger partial charge in [-0.3, -0.25) is 0 Å². The lowest BCUT2D eigenvalue weighted by Crippen LogP contribution is -2.13. The predicted molar refractivity (Wildman–Crippen MR) is 112 cm³/mol. The second kappa shape index (κ2) is 6.02. The van der Waals surface area contributed by atoms with Crippen LogP contribution in [-0.4, -0.2) is 14.9 Å². The molecule has 1 unspecified atom stereocenters. The van der Waals surface area contributed by atoms with E-state index in [0.717, 1.165) is 32.1 Å². The highest BCUT2D eigenvalue weighted by molar-refractivity contribution is 7.99. The first kappa shape index (κ1) is 16.0. The first-order valence-corrected chi connectivity index (χ1v) is 10.1. The van der Waals surface area contributed by atoms with E-state index in [1.165, 1.54) is 5.39 Å². The van der Waals surface area contributed by atoms with Crippen LogP contribution in [0.2, 0.25) is 5.02 Å². The molecule has 6 rings (SSSR count). The largest absolute Gasteiger partial charge is 0.453 e. The number of hydrogen-bond acceptors (Lipinski definition) is 5. The van der Waals surface area contributed by atoms with Gasteiger partial charge in [0.15, 0.2) is 5.76 Å². The van der Waals surface area contributed by atoms with Gasteiger partial charge >= 0.3 is 0 Å². The monoisotopic (exact) mass is 404 g/mol. The maximum Gasteiger partial charge on any atom is 0.219 e. The molecule has 0 aliphatic carbocycles. The molecule has 0 radical (unpaired) electrons. The van der Waals surface area contributed by atoms with Crippen LogP contribution in [0.15, 0.2) is 76.3 Å². The Morgan fingerprint density at radius 2 is 1.82 bits per heavy atom. The lowest BCUT2D eigenvalue weighted by Gasteiger charge is -2.11. The van der Waals surface area contributed by atoms with Crippen LogP contribution in [0.1, 0.15) is 10.9 Å². The average Bonchev–Trinajstić information content (AvgIpc) is 3.42. The molecule has 28 heavy (non-hydrogen) atoms. The van der Waals surface area contributed by atoms with Gasteiger partial charge in [0, 0.05) is 10.4 Å². The number of hydrogen-bond donors (Lipinski definition) is 1. The molecule has 1 aliphatic heterocycles. The number of nitrogens with one attached hydrogen (secondary N) is 1. The second-order valence-corrected chi connectivity index (χ2v) is 8.14. The Morgan fingerprint density at radius 1 is 0.964 bits per heavy atom. The van der Waals surface area contributed by atoms with Gasteiger partial charge in [0.25, 0.3) is 0 Å². The third-order valence-electron chi connectivity index (χ3n) is 4.92. The van der Waals surface area contributed by atoms with Crippen molar-refractivity contribution in [3.05, 3.63) is 77.3 Å². The van der Waals surface area contributed by atoms with Gasteiger partial charge in [-0.2, -0.15) is 0 Å². The summed E-state index contributed by atoms with van der Waals surface area (Å²) in [7, 11) is 0. The fraction of sp³-hybridized carbons (Fsp3) is 0.0476. The quantitative estimate of drug-likeness (QED) is 0.400. The number of thioether (sulfide) groups is 1. The van der Waals surface area contributed by atoms with E-state index in [9.17, 15) is 0 Å². The van der Waals surface area contributed by atoms with E-state index in [1.807, 2.05) is 53.2 Å². The highest BCUT2D eigenvalue weighted by Gasteiger charge is 2.29. The van der Waals surface area contributed by atoms with Crippen molar-refractivity contribution >= 4 is 45.1 Å². The van der Waals surface area contributed by atoms with Crippen LogP contribution in [0.25, 0.3) is 33.3 Å². The third-order valence-corrected chi connectivity index (χ3v) is 6.26. The molecule has 0 saturated carbocycles. The van der Waals surface area contributed by atoms with E-state index < -0.39 is 0 Å². The molecule has 3 heterocycles. The summed E-state index contributed by atoms with van der Waals surface area (Å²) in [6, 6.07) is 22.2. The summed E-state index contributed by atoms with van der Waals surface area (Å²) in [5, 5.41) is 13.7. The van der Waals surface area contributed by atoms with Crippen molar-refractivity contribution in [1.82, 2.24) is 14.9 Å². The van der Waals surface area contributed by atoms with Crippen molar-refractivity contribution in [2.45, 2.75) is 10.5 Å². The maximum atomic E-state index is 6.11. The molecule has 1 aliphatic rings. The molecule has 5 nitrogen and oxygen atoms in total. The van der Waals surface area contributed by atoms with Crippen molar-refractivity contribution in [3.63, 3.8) is 0 Å². The first-order valence-electron chi connectivity index (χ1n) is 8.82. The molecule has 3 aromatic carbocycles. The Balaban J connectivity index is 1.41. The Bertz CT molecular complexity index is 1340. The summed E-state index contributed by atoms with van der Waals surface area (Å²) in [4.78, 5) is 0. The SMILES string of the molecule is Clc1ccc(C2Nn3c(nnc3-c3cc4c(ccc5ccccc54)o3)S2)cc1. The number of nitrogens with zero attached hydrogens (tertiary/aromatic N) is 3. The number of rotatable bonds is 2. The Kier molecular flexibility index (Phi) is 3.45. The Labute approximate surface area is 169 Å². The van der Waals surface area contributed by atoms with Gasteiger partial charge in [-0.05, 0) is 40.6 Å². The van der Waals surface area contributed by atoms with Crippen molar-refractivity contribution in [3.8, 4) is 11.6 Å². The zero-order valence-electron chi connectivity index (χ0n) is 14.5. The topological polar surface area (TPSA) is 55.9 Å². The van der Waals surface area contributed by atoms with Gasteiger partial charge < -0.3 is 9.84 Å². The maximum absolute atomic E-state index is 6.11. The molecule has 1 N–H and O–H groups in total. The van der Waals surface area contributed by atoms with Gasteiger partial charge in [-0.25, -0.2) is 4.68 Å². The van der Waals surface area contributed by atoms with E-state index in [-0.39, 0.29) is 5.37 Å². The average molecular weight is 405 g/mol. The number of fused-ring (bicyclic) bond motifs is 4. The number of benzene rings is 3. The van der Waals surface area contributed by atoms with E-state index in [1.54, 1.807) is 11.8 Å². The van der Waals surface area contributed by atoms with E-state index in [4.69, 9.17) is 16.0 Å². The fourth-order valence-corrected chi connectivity index (χ4v) is 4.67. The Hall–Kier alpha value is -2.96. The van der Waals surface area contributed by atoms with Crippen LogP contribution in [-0.2, 0) is 0 Å². The van der Waals surface area contributed by atoms with Gasteiger partial charge in [0.05, 0.1) is 0 Å². The van der Waals surface area contributed by atoms with Gasteiger partial charge in [0.1, 0.15) is 11.0 Å². The van der Waals surface area contributed by atoms with Crippen LogP contribution >= 0.6 is 23.4 Å². The van der Waals surface area contributed by atoms with Gasteiger partial charge in [-0.15, -0.1) is 10.2 Å². The lowest BCUT2D eigenvalue weighted by atomic mass is 10.1. The van der Waals surface area contributed by atoms with E-state index >= 15 is 0 Å². The zero-order valence-corrected chi connectivity index (χ0v) is 16.0. The molecule has 0 fully saturated rings. The number of furan rings is 1. The van der Waals surface area contributed by atoms with Crippen LogP contribution in [0.5, 0.6) is 0 Å². The van der Waals surface area contributed by atoms with Crippen LogP contribution in [0.3, 0.4) is 0 Å². The lowest BCUT2D eigenvalue weighted by molar-refractivity contribution is 0.618. The molecular weight excluding hydrogens is 392 g/mol. The molecular formula is C21H13ClN4OS. The highest BCUT2D eigenvalue weighted by atomic mass is 35.5. The third kappa shape index (κ3) is 2.42. The fourth-order valence-electron chi connectivity index (χ4n) is 3.55. The molecule has 0 saturated heterocycles. The summed E-state index contributed by atoms with van der Waals surface area (Å²) < 4.78 is 8.01. The minimum absolute atomic E-state index is 0.0479. The van der Waals surface area contributed by atoms with Gasteiger partial charge in [0.2, 0.25) is 11.0 Å². The standard InChI is InChI=1S/C21H13ClN4OS/c22-14-8-5-13(6-9-14)20-25-26-19(23-24-21(26)28-20)18-11-16-15-4-2-1-3-12(15)7-10-17(16)27-18/h1-11,20,25H. The summed E-state index contributed by atoms with van der Waals surface area (Å²) in [6.45, 7) is 0. The smallest absolute Gasteiger partial charge is 0.219 e. The normalized spacial score (nSPS) is 15.8. The van der Waals surface area contributed by atoms with Gasteiger partial charge in [-0.1, -0.05) is 65.8 Å². The van der Waals surface area contributed by atoms with Crippen LogP contribution in [0.4, 0.5) is 0 Å². The molecule has 0 bridgehead atoms. The summed E-state index contributed by atoms with van der Waals surface area (Å²) in [6.07, 6.45) is 0. The first-order chi connectivity index (χ1) is 13.8. The summed E-state index contributed by atoms with van der Waals surface area (Å²) in [5.41, 5.74) is 5.42. The minimum Gasteiger partial charge on any atom is -0.453 e. The van der Waals surface area contributed by atoms with E-state index in [2.05, 4.69) is 33.8 Å². The van der Waals surface area contributed by atoms with Crippen LogP contribution < -0.4 is 5.43 Å². The molecule has 0 amide bonds. The molecule has 5 aromatic rings. The molecule has 2 aromatic heterocycles. The van der Waals surface area contributed by atoms with Crippen molar-refractivity contribution in [2.75, 3.05) is 5.43 Å². The molecule has 7 heteroatoms. The molecule has 1 atom stereocenters. The highest BCUT2D eigenvalue weighted by Crippen LogP contribution is 2.41. The Morgan fingerprint density at radius 3 is 2.71 bits per heavy atom. The minimum atomic E-state index is 0.0479. The summed E-state index contributed by atoms with van der Waals surface area (Å²) in [5.74, 6) is 1.36. The van der Waals surface area contributed by atoms with Crippen molar-refractivity contribution in [1.29, 1.82) is 0 Å². The molecule has 0 spiro atoms. The second-order valence-electron chi connectivity index (χ2n) is 6.63. The number of aromatic nitrogens is 3. The van der Waals surface area contributed by atoms with Crippen molar-refractivity contribution in [2.24, 2.45) is 0 Å². The number of halogens is 1. The summed E-state index contributed by atoms with van der Waals surface area (Å²) >= 11 is 7.62. The predicted octanol–water partition coefficient (Wildman–Crippen LogP) is 5.85. The van der Waals surface area contributed by atoms with E-state index in [0.29, 0.717) is 11.6 Å². The van der Waals surface area contributed by atoms with Crippen LogP contribution in [0, 0.1) is 0 Å². The van der Waals surface area contributed by atoms with Crippen molar-refractivity contribution < 1.29 is 4.42 Å². The zero-order chi connectivity index (χ0) is 18.7. The molecule has 136 valence electrons.